The maximum absolute atomic E-state index is 12.5. The van der Waals surface area contributed by atoms with E-state index < -0.39 is 5.91 Å². The van der Waals surface area contributed by atoms with E-state index in [1.807, 2.05) is 6.07 Å². The van der Waals surface area contributed by atoms with Crippen LogP contribution < -0.4 is 14.8 Å². The topological polar surface area (TPSA) is 71.3 Å². The number of nitrogens with one attached hydrogen (secondary N) is 1. The number of carbonyl (C=O) groups is 1. The lowest BCUT2D eigenvalue weighted by molar-refractivity contribution is -0.112. The van der Waals surface area contributed by atoms with Crippen molar-refractivity contribution in [1.82, 2.24) is 0 Å². The molecule has 0 aromatic heterocycles. The van der Waals surface area contributed by atoms with Gasteiger partial charge in [-0.25, -0.2) is 0 Å². The second-order valence-corrected chi connectivity index (χ2v) is 8.07. The van der Waals surface area contributed by atoms with Crippen LogP contribution in [0.5, 0.6) is 11.5 Å². The Morgan fingerprint density at radius 2 is 1.81 bits per heavy atom. The number of ether oxygens (including phenoxy) is 2. The fourth-order valence-electron chi connectivity index (χ4n) is 3.09. The molecule has 1 amide bonds. The minimum atomic E-state index is -0.570. The van der Waals surface area contributed by atoms with Crippen LogP contribution in [-0.4, -0.2) is 19.6 Å². The zero-order chi connectivity index (χ0) is 23.3. The highest BCUT2D eigenvalue weighted by molar-refractivity contribution is 6.34. The Kier molecular flexibility index (Phi) is 10.9. The fraction of sp³-hybridized carbons (Fsp3) is 0.360. The number of rotatable bonds is 12. The van der Waals surface area contributed by atoms with Gasteiger partial charge in [-0.3, -0.25) is 4.79 Å². The minimum absolute atomic E-state index is 0.0937. The summed E-state index contributed by atoms with van der Waals surface area (Å²) in [7, 11) is 1.52. The average Bonchev–Trinajstić information content (AvgIpc) is 2.79. The molecule has 2 rings (SSSR count). The van der Waals surface area contributed by atoms with E-state index in [9.17, 15) is 10.1 Å². The molecule has 0 fully saturated rings. The molecule has 0 aliphatic carbocycles. The third-order valence-electron chi connectivity index (χ3n) is 4.79. The molecule has 0 saturated heterocycles. The van der Waals surface area contributed by atoms with Crippen molar-refractivity contribution in [3.05, 3.63) is 57.6 Å². The van der Waals surface area contributed by atoms with Gasteiger partial charge in [0.15, 0.2) is 11.5 Å². The normalized spacial score (nSPS) is 11.0. The van der Waals surface area contributed by atoms with Crippen molar-refractivity contribution < 1.29 is 14.3 Å². The summed E-state index contributed by atoms with van der Waals surface area (Å²) in [6.07, 6.45) is 8.40. The van der Waals surface area contributed by atoms with Gasteiger partial charge in [0.1, 0.15) is 11.6 Å². The largest absolute Gasteiger partial charge is 0.493 e. The van der Waals surface area contributed by atoms with Crippen LogP contribution in [-0.2, 0) is 4.79 Å². The van der Waals surface area contributed by atoms with Gasteiger partial charge in [-0.2, -0.15) is 5.26 Å². The number of hydrogen-bond donors (Lipinski definition) is 1. The summed E-state index contributed by atoms with van der Waals surface area (Å²) in [6, 6.07) is 12.0. The van der Waals surface area contributed by atoms with Crippen LogP contribution in [0.1, 0.15) is 51.0 Å². The summed E-state index contributed by atoms with van der Waals surface area (Å²) in [5.41, 5.74) is 0.878. The van der Waals surface area contributed by atoms with Crippen molar-refractivity contribution in [2.24, 2.45) is 0 Å². The Hall–Kier alpha value is -2.68. The molecule has 0 bridgehead atoms. The first kappa shape index (κ1) is 25.6. The highest BCUT2D eigenvalue weighted by atomic mass is 35.5. The number of nitriles is 1. The molecule has 32 heavy (non-hydrogen) atoms. The molecule has 0 aliphatic rings. The molecule has 2 aromatic carbocycles. The zero-order valence-corrected chi connectivity index (χ0v) is 19.9. The van der Waals surface area contributed by atoms with Crippen molar-refractivity contribution in [2.45, 2.75) is 45.4 Å². The third-order valence-corrected chi connectivity index (χ3v) is 5.40. The number of benzene rings is 2. The van der Waals surface area contributed by atoms with E-state index in [-0.39, 0.29) is 5.57 Å². The van der Waals surface area contributed by atoms with Crippen LogP contribution in [0.3, 0.4) is 0 Å². The minimum Gasteiger partial charge on any atom is -0.493 e. The van der Waals surface area contributed by atoms with Gasteiger partial charge >= 0.3 is 0 Å². The van der Waals surface area contributed by atoms with Crippen molar-refractivity contribution >= 4 is 40.9 Å². The van der Waals surface area contributed by atoms with Gasteiger partial charge < -0.3 is 14.8 Å². The van der Waals surface area contributed by atoms with E-state index in [1.54, 1.807) is 36.4 Å². The average molecular weight is 475 g/mol. The first-order valence-corrected chi connectivity index (χ1v) is 11.4. The molecular weight excluding hydrogens is 447 g/mol. The van der Waals surface area contributed by atoms with E-state index in [0.717, 1.165) is 12.8 Å². The molecular formula is C25H28Cl2N2O3. The number of amides is 1. The summed E-state index contributed by atoms with van der Waals surface area (Å²) >= 11 is 12.5. The number of carbonyl (C=O) groups excluding carboxylic acids is 1. The Balaban J connectivity index is 2.09. The van der Waals surface area contributed by atoms with E-state index in [0.29, 0.717) is 39.4 Å². The summed E-state index contributed by atoms with van der Waals surface area (Å²) in [6.45, 7) is 2.74. The quantitative estimate of drug-likeness (QED) is 0.199. The molecule has 7 heteroatoms. The lowest BCUT2D eigenvalue weighted by Crippen LogP contribution is -2.13. The van der Waals surface area contributed by atoms with Gasteiger partial charge in [-0.1, -0.05) is 74.4 Å². The van der Waals surface area contributed by atoms with Gasteiger partial charge in [-0.05, 0) is 42.3 Å². The highest BCUT2D eigenvalue weighted by Crippen LogP contribution is 2.37. The third kappa shape index (κ3) is 7.78. The Bertz CT molecular complexity index is 984. The first-order chi connectivity index (χ1) is 15.5. The number of unbranched alkanes of at least 4 members (excludes halogenated alkanes) is 5. The maximum Gasteiger partial charge on any atom is 0.266 e. The van der Waals surface area contributed by atoms with E-state index in [1.165, 1.54) is 38.9 Å². The van der Waals surface area contributed by atoms with Gasteiger partial charge in [0.2, 0.25) is 0 Å². The SMILES string of the molecule is CCCCCCCCOc1c(Cl)cc(C=C(C#N)C(=O)Nc2ccccc2Cl)cc1OC. The molecule has 0 heterocycles. The maximum atomic E-state index is 12.5. The predicted molar refractivity (Wildman–Crippen MR) is 131 cm³/mol. The number of halogens is 2. The van der Waals surface area contributed by atoms with Crippen LogP contribution in [0.2, 0.25) is 10.0 Å². The van der Waals surface area contributed by atoms with Crippen molar-refractivity contribution in [1.29, 1.82) is 5.26 Å². The van der Waals surface area contributed by atoms with E-state index >= 15 is 0 Å². The number of nitrogens with zero attached hydrogens (tertiary/aromatic N) is 1. The summed E-state index contributed by atoms with van der Waals surface area (Å²) in [4.78, 5) is 12.5. The van der Waals surface area contributed by atoms with Crippen LogP contribution in [0.4, 0.5) is 5.69 Å². The lowest BCUT2D eigenvalue weighted by atomic mass is 10.1. The van der Waals surface area contributed by atoms with E-state index in [2.05, 4.69) is 12.2 Å². The van der Waals surface area contributed by atoms with Crippen LogP contribution in [0.15, 0.2) is 42.0 Å². The van der Waals surface area contributed by atoms with Crippen LogP contribution >= 0.6 is 23.2 Å². The number of anilines is 1. The van der Waals surface area contributed by atoms with Crippen molar-refractivity contribution in [3.63, 3.8) is 0 Å². The van der Waals surface area contributed by atoms with Gasteiger partial charge in [0.05, 0.1) is 29.4 Å². The second-order valence-electron chi connectivity index (χ2n) is 7.25. The van der Waals surface area contributed by atoms with Crippen LogP contribution in [0, 0.1) is 11.3 Å². The molecule has 170 valence electrons. The zero-order valence-electron chi connectivity index (χ0n) is 18.4. The molecule has 0 radical (unpaired) electrons. The highest BCUT2D eigenvalue weighted by Gasteiger charge is 2.15. The Morgan fingerprint density at radius 3 is 2.50 bits per heavy atom. The number of methoxy groups -OCH3 is 1. The predicted octanol–water partition coefficient (Wildman–Crippen LogP) is 7.29. The van der Waals surface area contributed by atoms with Crippen molar-refractivity contribution in [3.8, 4) is 17.6 Å². The van der Waals surface area contributed by atoms with Crippen molar-refractivity contribution in [2.75, 3.05) is 19.0 Å². The molecule has 2 aromatic rings. The molecule has 0 atom stereocenters. The standard InChI is InChI=1S/C25H28Cl2N2O3/c1-3-4-5-6-7-10-13-32-24-21(27)15-18(16-23(24)31-2)14-19(17-28)25(30)29-22-12-9-8-11-20(22)26/h8-9,11-12,14-16H,3-7,10,13H2,1-2H3,(H,29,30). The monoisotopic (exact) mass is 474 g/mol. The molecule has 0 unspecified atom stereocenters. The van der Waals surface area contributed by atoms with Crippen LogP contribution in [0.25, 0.3) is 6.08 Å². The summed E-state index contributed by atoms with van der Waals surface area (Å²) in [5, 5.41) is 12.8. The lowest BCUT2D eigenvalue weighted by Gasteiger charge is -2.13. The Morgan fingerprint density at radius 1 is 1.09 bits per heavy atom. The molecule has 0 saturated carbocycles. The Labute approximate surface area is 199 Å². The molecule has 0 aliphatic heterocycles. The summed E-state index contributed by atoms with van der Waals surface area (Å²) in [5.74, 6) is 0.330. The van der Waals surface area contributed by atoms with Gasteiger partial charge in [-0.15, -0.1) is 0 Å². The number of hydrogen-bond acceptors (Lipinski definition) is 4. The van der Waals surface area contributed by atoms with E-state index in [4.69, 9.17) is 32.7 Å². The van der Waals surface area contributed by atoms with Gasteiger partial charge in [0.25, 0.3) is 5.91 Å². The molecule has 5 nitrogen and oxygen atoms in total. The molecule has 1 N–H and O–H groups in total. The second kappa shape index (κ2) is 13.7. The van der Waals surface area contributed by atoms with Gasteiger partial charge in [0, 0.05) is 0 Å². The molecule has 0 spiro atoms. The smallest absolute Gasteiger partial charge is 0.266 e. The summed E-state index contributed by atoms with van der Waals surface area (Å²) < 4.78 is 11.3. The fourth-order valence-corrected chi connectivity index (χ4v) is 3.54. The first-order valence-electron chi connectivity index (χ1n) is 10.7. The number of para-hydroxylation sites is 1.